The topological polar surface area (TPSA) is 79.9 Å². The zero-order chi connectivity index (χ0) is 15.2. The summed E-state index contributed by atoms with van der Waals surface area (Å²) < 4.78 is 5.32. The molecule has 1 atom stereocenters. The Bertz CT molecular complexity index is 496. The third kappa shape index (κ3) is 3.88. The molecular formula is C16H25N3O2. The molecule has 0 bridgehead atoms. The second-order valence-electron chi connectivity index (χ2n) is 5.73. The van der Waals surface area contributed by atoms with Gasteiger partial charge in [0.15, 0.2) is 5.84 Å². The summed E-state index contributed by atoms with van der Waals surface area (Å²) in [6.07, 6.45) is 5.39. The lowest BCUT2D eigenvalue weighted by atomic mass is 9.99. The van der Waals surface area contributed by atoms with Gasteiger partial charge in [0, 0.05) is 12.6 Å². The Kier molecular flexibility index (Phi) is 5.44. The highest BCUT2D eigenvalue weighted by atomic mass is 16.5. The minimum atomic E-state index is 0.0608. The predicted molar refractivity (Wildman–Crippen MR) is 83.8 cm³/mol. The standard InChI is InChI=1S/C16H25N3O2/c1-11(13-5-3-4-6-13)18-10-12-7-8-14(16(17)19-20)15(9-12)21-2/h7-9,11,13,18,20H,3-6,10H2,1-2H3,(H2,17,19). The Morgan fingerprint density at radius 3 is 2.81 bits per heavy atom. The molecular weight excluding hydrogens is 266 g/mol. The quantitative estimate of drug-likeness (QED) is 0.325. The Labute approximate surface area is 126 Å². The number of oxime groups is 1. The molecule has 0 aromatic heterocycles. The Morgan fingerprint density at radius 2 is 2.19 bits per heavy atom. The number of hydrogen-bond acceptors (Lipinski definition) is 4. The number of methoxy groups -OCH3 is 1. The van der Waals surface area contributed by atoms with E-state index in [1.165, 1.54) is 25.7 Å². The van der Waals surface area contributed by atoms with E-state index < -0.39 is 0 Å². The number of rotatable bonds is 6. The fraction of sp³-hybridized carbons (Fsp3) is 0.562. The van der Waals surface area contributed by atoms with E-state index in [1.807, 2.05) is 18.2 Å². The van der Waals surface area contributed by atoms with Crippen molar-refractivity contribution in [2.45, 2.75) is 45.2 Å². The van der Waals surface area contributed by atoms with Crippen molar-refractivity contribution < 1.29 is 9.94 Å². The van der Waals surface area contributed by atoms with Crippen LogP contribution >= 0.6 is 0 Å². The molecule has 5 nitrogen and oxygen atoms in total. The molecule has 1 aliphatic carbocycles. The SMILES string of the molecule is COc1cc(CNC(C)C2CCCC2)ccc1/C(N)=N/O. The van der Waals surface area contributed by atoms with Gasteiger partial charge in [-0.3, -0.25) is 0 Å². The monoisotopic (exact) mass is 291 g/mol. The second kappa shape index (κ2) is 7.31. The highest BCUT2D eigenvalue weighted by Gasteiger charge is 2.21. The molecule has 0 aliphatic heterocycles. The van der Waals surface area contributed by atoms with Crippen molar-refractivity contribution in [3.05, 3.63) is 29.3 Å². The molecule has 5 heteroatoms. The summed E-state index contributed by atoms with van der Waals surface area (Å²) in [5, 5.41) is 15.4. The smallest absolute Gasteiger partial charge is 0.173 e. The molecule has 1 aromatic carbocycles. The maximum atomic E-state index is 8.77. The van der Waals surface area contributed by atoms with Gasteiger partial charge in [0.05, 0.1) is 12.7 Å². The average molecular weight is 291 g/mol. The normalized spacial score (nSPS) is 17.9. The van der Waals surface area contributed by atoms with Gasteiger partial charge in [-0.05, 0) is 43.4 Å². The van der Waals surface area contributed by atoms with E-state index in [9.17, 15) is 0 Å². The van der Waals surface area contributed by atoms with Crippen molar-refractivity contribution in [1.82, 2.24) is 5.32 Å². The van der Waals surface area contributed by atoms with Gasteiger partial charge < -0.3 is 21.0 Å². The third-order valence-electron chi connectivity index (χ3n) is 4.38. The first kappa shape index (κ1) is 15.6. The molecule has 1 saturated carbocycles. The van der Waals surface area contributed by atoms with Gasteiger partial charge in [0.25, 0.3) is 0 Å². The first-order valence-corrected chi connectivity index (χ1v) is 7.54. The average Bonchev–Trinajstić information content (AvgIpc) is 3.06. The van der Waals surface area contributed by atoms with Crippen molar-refractivity contribution in [3.8, 4) is 5.75 Å². The number of ether oxygens (including phenoxy) is 1. The van der Waals surface area contributed by atoms with Gasteiger partial charge in [-0.2, -0.15) is 0 Å². The van der Waals surface area contributed by atoms with E-state index in [2.05, 4.69) is 17.4 Å². The molecule has 116 valence electrons. The van der Waals surface area contributed by atoms with E-state index in [-0.39, 0.29) is 5.84 Å². The van der Waals surface area contributed by atoms with Gasteiger partial charge in [-0.15, -0.1) is 0 Å². The molecule has 21 heavy (non-hydrogen) atoms. The third-order valence-corrected chi connectivity index (χ3v) is 4.38. The van der Waals surface area contributed by atoms with Crippen molar-refractivity contribution in [2.24, 2.45) is 16.8 Å². The number of benzene rings is 1. The van der Waals surface area contributed by atoms with Crippen LogP contribution in [0, 0.1) is 5.92 Å². The molecule has 0 spiro atoms. The molecule has 1 fully saturated rings. The molecule has 0 heterocycles. The zero-order valence-electron chi connectivity index (χ0n) is 12.8. The summed E-state index contributed by atoms with van der Waals surface area (Å²) in [7, 11) is 1.59. The highest BCUT2D eigenvalue weighted by Crippen LogP contribution is 2.28. The molecule has 0 amide bonds. The van der Waals surface area contributed by atoms with Crippen LogP contribution < -0.4 is 15.8 Å². The fourth-order valence-corrected chi connectivity index (χ4v) is 3.01. The fourth-order valence-electron chi connectivity index (χ4n) is 3.01. The number of nitrogens with zero attached hydrogens (tertiary/aromatic N) is 1. The van der Waals surface area contributed by atoms with Crippen LogP contribution in [0.15, 0.2) is 23.4 Å². The molecule has 1 unspecified atom stereocenters. The van der Waals surface area contributed by atoms with Crippen molar-refractivity contribution in [2.75, 3.05) is 7.11 Å². The van der Waals surface area contributed by atoms with Crippen LogP contribution in [0.3, 0.4) is 0 Å². The molecule has 1 aliphatic rings. The number of amidine groups is 1. The van der Waals surface area contributed by atoms with Crippen LogP contribution in [0.5, 0.6) is 5.75 Å². The maximum absolute atomic E-state index is 8.77. The van der Waals surface area contributed by atoms with Gasteiger partial charge in [-0.25, -0.2) is 0 Å². The lowest BCUT2D eigenvalue weighted by Crippen LogP contribution is -2.31. The lowest BCUT2D eigenvalue weighted by molar-refractivity contribution is 0.318. The summed E-state index contributed by atoms with van der Waals surface area (Å²) in [5.41, 5.74) is 7.36. The van der Waals surface area contributed by atoms with Crippen LogP contribution in [-0.4, -0.2) is 24.2 Å². The summed E-state index contributed by atoms with van der Waals surface area (Å²) in [6.45, 7) is 3.06. The van der Waals surface area contributed by atoms with Crippen LogP contribution in [0.2, 0.25) is 0 Å². The maximum Gasteiger partial charge on any atom is 0.173 e. The minimum absolute atomic E-state index is 0.0608. The van der Waals surface area contributed by atoms with E-state index in [0.717, 1.165) is 18.0 Å². The summed E-state index contributed by atoms with van der Waals surface area (Å²) in [6, 6.07) is 6.26. The van der Waals surface area contributed by atoms with Crippen LogP contribution in [0.4, 0.5) is 0 Å². The zero-order valence-corrected chi connectivity index (χ0v) is 12.8. The van der Waals surface area contributed by atoms with E-state index >= 15 is 0 Å². The molecule has 0 saturated heterocycles. The van der Waals surface area contributed by atoms with Crippen LogP contribution in [0.1, 0.15) is 43.7 Å². The van der Waals surface area contributed by atoms with Crippen molar-refractivity contribution in [3.63, 3.8) is 0 Å². The summed E-state index contributed by atoms with van der Waals surface area (Å²) >= 11 is 0. The summed E-state index contributed by atoms with van der Waals surface area (Å²) in [5.74, 6) is 1.48. The number of nitrogens with two attached hydrogens (primary N) is 1. The first-order valence-electron chi connectivity index (χ1n) is 7.54. The Balaban J connectivity index is 2.00. The molecule has 4 N–H and O–H groups in total. The van der Waals surface area contributed by atoms with E-state index in [1.54, 1.807) is 7.11 Å². The first-order chi connectivity index (χ1) is 10.2. The largest absolute Gasteiger partial charge is 0.496 e. The van der Waals surface area contributed by atoms with Gasteiger partial charge >= 0.3 is 0 Å². The van der Waals surface area contributed by atoms with Gasteiger partial charge in [-0.1, -0.05) is 24.1 Å². The lowest BCUT2D eigenvalue weighted by Gasteiger charge is -2.20. The predicted octanol–water partition coefficient (Wildman–Crippen LogP) is 2.46. The summed E-state index contributed by atoms with van der Waals surface area (Å²) in [4.78, 5) is 0. The van der Waals surface area contributed by atoms with Crippen LogP contribution in [-0.2, 0) is 6.54 Å². The van der Waals surface area contributed by atoms with Gasteiger partial charge in [0.2, 0.25) is 0 Å². The molecule has 1 aromatic rings. The van der Waals surface area contributed by atoms with Gasteiger partial charge in [0.1, 0.15) is 5.75 Å². The molecule has 2 rings (SSSR count). The van der Waals surface area contributed by atoms with E-state index in [0.29, 0.717) is 17.4 Å². The number of nitrogens with one attached hydrogen (secondary N) is 1. The van der Waals surface area contributed by atoms with Crippen molar-refractivity contribution >= 4 is 5.84 Å². The Hall–Kier alpha value is -1.75. The molecule has 0 radical (unpaired) electrons. The van der Waals surface area contributed by atoms with Crippen LogP contribution in [0.25, 0.3) is 0 Å². The highest BCUT2D eigenvalue weighted by molar-refractivity contribution is 5.99. The second-order valence-corrected chi connectivity index (χ2v) is 5.73. The van der Waals surface area contributed by atoms with Crippen molar-refractivity contribution in [1.29, 1.82) is 0 Å². The number of hydrogen-bond donors (Lipinski definition) is 3. The Morgan fingerprint density at radius 1 is 1.48 bits per heavy atom. The minimum Gasteiger partial charge on any atom is -0.496 e. The van der Waals surface area contributed by atoms with E-state index in [4.69, 9.17) is 15.7 Å².